The van der Waals surface area contributed by atoms with Crippen LogP contribution in [-0.4, -0.2) is 35.8 Å². The fraction of sp³-hybridized carbons (Fsp3) is 0.208. The van der Waals surface area contributed by atoms with E-state index in [0.717, 1.165) is 0 Å². The van der Waals surface area contributed by atoms with Gasteiger partial charge < -0.3 is 14.6 Å². The fourth-order valence-electron chi connectivity index (χ4n) is 3.43. The number of carbonyl (C=O) groups is 3. The van der Waals surface area contributed by atoms with E-state index in [2.05, 4.69) is 4.98 Å². The molecular weight excluding hydrogens is 380 g/mol. The third-order valence-electron chi connectivity index (χ3n) is 4.78. The predicted octanol–water partition coefficient (Wildman–Crippen LogP) is 4.40. The van der Waals surface area contributed by atoms with Gasteiger partial charge in [0.15, 0.2) is 0 Å². The van der Waals surface area contributed by atoms with Crippen LogP contribution in [-0.2, 0) is 9.53 Å². The summed E-state index contributed by atoms with van der Waals surface area (Å²) in [5.74, 6) is -1.91. The van der Waals surface area contributed by atoms with Gasteiger partial charge in [0.25, 0.3) is 5.78 Å². The molecule has 0 unspecified atom stereocenters. The number of Topliss-reactive ketones (excluding diaryl/α,β-unsaturated/α-hetero) is 1. The number of carbonyl (C=O) groups excluding carboxylic acids is 3. The maximum Gasteiger partial charge on any atom is 0.340 e. The third kappa shape index (κ3) is 4.03. The minimum Gasteiger partial charge on any atom is -0.462 e. The molecule has 1 N–H and O–H groups in total. The number of nitrogens with zero attached hydrogens (tertiary/aromatic N) is 1. The highest BCUT2D eigenvalue weighted by molar-refractivity contribution is 6.48. The molecule has 0 atom stereocenters. The Bertz CT molecular complexity index is 1060. The van der Waals surface area contributed by atoms with Gasteiger partial charge in [0.1, 0.15) is 5.69 Å². The van der Waals surface area contributed by atoms with Crippen molar-refractivity contribution in [2.45, 2.75) is 20.8 Å². The molecule has 0 aliphatic heterocycles. The largest absolute Gasteiger partial charge is 0.462 e. The van der Waals surface area contributed by atoms with Gasteiger partial charge in [-0.3, -0.25) is 9.59 Å². The Morgan fingerprint density at radius 3 is 2.10 bits per heavy atom. The first kappa shape index (κ1) is 21.0. The Labute approximate surface area is 175 Å². The summed E-state index contributed by atoms with van der Waals surface area (Å²) < 4.78 is 5.20. The minimum absolute atomic E-state index is 0.0844. The van der Waals surface area contributed by atoms with E-state index in [1.807, 2.05) is 36.4 Å². The van der Waals surface area contributed by atoms with Gasteiger partial charge in [-0.05, 0) is 38.5 Å². The van der Waals surface area contributed by atoms with Crippen LogP contribution < -0.4 is 4.90 Å². The van der Waals surface area contributed by atoms with Crippen molar-refractivity contribution < 1.29 is 19.1 Å². The lowest BCUT2D eigenvalue weighted by molar-refractivity contribution is -0.114. The van der Waals surface area contributed by atoms with E-state index in [4.69, 9.17) is 4.74 Å². The number of amides is 1. The third-order valence-corrected chi connectivity index (χ3v) is 4.78. The molecule has 6 nitrogen and oxygen atoms in total. The topological polar surface area (TPSA) is 79.5 Å². The van der Waals surface area contributed by atoms with Crippen molar-refractivity contribution >= 4 is 23.3 Å². The van der Waals surface area contributed by atoms with Gasteiger partial charge in [0.2, 0.25) is 0 Å². The normalized spacial score (nSPS) is 10.5. The summed E-state index contributed by atoms with van der Waals surface area (Å²) in [5.41, 5.74) is 2.50. The molecular formula is C24H24N2O4. The van der Waals surface area contributed by atoms with Crippen LogP contribution in [0.1, 0.15) is 40.4 Å². The zero-order chi connectivity index (χ0) is 21.7. The van der Waals surface area contributed by atoms with Crippen molar-refractivity contribution in [3.8, 4) is 11.1 Å². The number of H-pyrrole nitrogens is 1. The number of hydrogen-bond acceptors (Lipinski definition) is 4. The lowest BCUT2D eigenvalue weighted by Gasteiger charge is -2.20. The van der Waals surface area contributed by atoms with Gasteiger partial charge in [-0.2, -0.15) is 0 Å². The average Bonchev–Trinajstić information content (AvgIpc) is 3.12. The molecule has 2 aromatic carbocycles. The van der Waals surface area contributed by atoms with E-state index >= 15 is 0 Å². The minimum atomic E-state index is -0.710. The Kier molecular flexibility index (Phi) is 6.47. The van der Waals surface area contributed by atoms with Gasteiger partial charge in [-0.15, -0.1) is 0 Å². The molecule has 0 spiro atoms. The number of likely N-dealkylation sites (N-methyl/N-ethyl adjacent to an activating group) is 1. The molecule has 30 heavy (non-hydrogen) atoms. The van der Waals surface area contributed by atoms with Crippen LogP contribution >= 0.6 is 0 Å². The number of hydrogen-bond donors (Lipinski definition) is 1. The van der Waals surface area contributed by atoms with Crippen molar-refractivity contribution in [2.75, 3.05) is 18.1 Å². The Balaban J connectivity index is 2.11. The Morgan fingerprint density at radius 2 is 1.53 bits per heavy atom. The standard InChI is InChI=1S/C24H24N2O4/c1-4-26(18-14-10-7-11-15-18)23(28)22(27)21-20(17-12-8-6-9-13-17)19(16(3)25-21)24(29)30-5-2/h6-15,25H,4-5H2,1-3H3. The molecule has 0 radical (unpaired) electrons. The van der Waals surface area contributed by atoms with Crippen LogP contribution in [0.3, 0.4) is 0 Å². The van der Waals surface area contributed by atoms with Crippen molar-refractivity contribution in [3.05, 3.63) is 77.6 Å². The molecule has 0 aliphatic carbocycles. The van der Waals surface area contributed by atoms with Gasteiger partial charge in [-0.25, -0.2) is 4.79 Å². The summed E-state index contributed by atoms with van der Waals surface area (Å²) >= 11 is 0. The quantitative estimate of drug-likeness (QED) is 0.360. The number of benzene rings is 2. The maximum atomic E-state index is 13.3. The number of ketones is 1. The number of aromatic amines is 1. The fourth-order valence-corrected chi connectivity index (χ4v) is 3.43. The molecule has 3 aromatic rings. The first-order valence-electron chi connectivity index (χ1n) is 9.85. The molecule has 1 amide bonds. The van der Waals surface area contributed by atoms with E-state index in [1.165, 1.54) is 4.90 Å². The molecule has 6 heteroatoms. The lowest BCUT2D eigenvalue weighted by atomic mass is 9.98. The highest BCUT2D eigenvalue weighted by Crippen LogP contribution is 2.32. The molecule has 0 bridgehead atoms. The molecule has 0 aliphatic rings. The summed E-state index contributed by atoms with van der Waals surface area (Å²) in [4.78, 5) is 43.4. The number of anilines is 1. The second kappa shape index (κ2) is 9.22. The summed E-state index contributed by atoms with van der Waals surface area (Å²) in [6.45, 7) is 5.75. The summed E-state index contributed by atoms with van der Waals surface area (Å²) in [6.07, 6.45) is 0. The van der Waals surface area contributed by atoms with Crippen molar-refractivity contribution in [1.82, 2.24) is 4.98 Å². The van der Waals surface area contributed by atoms with Crippen LogP contribution in [0.5, 0.6) is 0 Å². The molecule has 1 aromatic heterocycles. The van der Waals surface area contributed by atoms with Gasteiger partial charge in [0, 0.05) is 23.5 Å². The van der Waals surface area contributed by atoms with E-state index in [9.17, 15) is 14.4 Å². The van der Waals surface area contributed by atoms with Crippen molar-refractivity contribution in [1.29, 1.82) is 0 Å². The molecule has 0 saturated heterocycles. The number of aromatic nitrogens is 1. The highest BCUT2D eigenvalue weighted by Gasteiger charge is 2.32. The number of esters is 1. The van der Waals surface area contributed by atoms with Gasteiger partial charge in [-0.1, -0.05) is 48.5 Å². The maximum absolute atomic E-state index is 13.3. The van der Waals surface area contributed by atoms with Crippen molar-refractivity contribution in [2.24, 2.45) is 0 Å². The molecule has 1 heterocycles. The second-order valence-corrected chi connectivity index (χ2v) is 6.68. The number of rotatable bonds is 7. The van der Waals surface area contributed by atoms with Crippen LogP contribution in [0.15, 0.2) is 60.7 Å². The Hall–Kier alpha value is -3.67. The first-order valence-corrected chi connectivity index (χ1v) is 9.85. The number of ether oxygens (including phenoxy) is 1. The molecule has 3 rings (SSSR count). The van der Waals surface area contributed by atoms with E-state index in [0.29, 0.717) is 29.1 Å². The first-order chi connectivity index (χ1) is 14.5. The summed E-state index contributed by atoms with van der Waals surface area (Å²) in [7, 11) is 0. The smallest absolute Gasteiger partial charge is 0.340 e. The molecule has 0 saturated carbocycles. The van der Waals surface area contributed by atoms with Crippen LogP contribution in [0.2, 0.25) is 0 Å². The molecule has 0 fully saturated rings. The van der Waals surface area contributed by atoms with Crippen molar-refractivity contribution in [3.63, 3.8) is 0 Å². The van der Waals surface area contributed by atoms with E-state index in [-0.39, 0.29) is 17.9 Å². The average molecular weight is 404 g/mol. The SMILES string of the molecule is CCOC(=O)c1c(C)[nH]c(C(=O)C(=O)N(CC)c2ccccc2)c1-c1ccccc1. The lowest BCUT2D eigenvalue weighted by Crippen LogP contribution is -2.37. The monoisotopic (exact) mass is 404 g/mol. The summed E-state index contributed by atoms with van der Waals surface area (Å²) in [6, 6.07) is 18.1. The zero-order valence-corrected chi connectivity index (χ0v) is 17.3. The molecule has 154 valence electrons. The van der Waals surface area contributed by atoms with Crippen LogP contribution in [0.4, 0.5) is 5.69 Å². The van der Waals surface area contributed by atoms with Crippen LogP contribution in [0, 0.1) is 6.92 Å². The van der Waals surface area contributed by atoms with Gasteiger partial charge in [0.05, 0.1) is 12.2 Å². The zero-order valence-electron chi connectivity index (χ0n) is 17.3. The van der Waals surface area contributed by atoms with E-state index < -0.39 is 17.7 Å². The number of aryl methyl sites for hydroxylation is 1. The van der Waals surface area contributed by atoms with E-state index in [1.54, 1.807) is 45.0 Å². The Morgan fingerprint density at radius 1 is 0.933 bits per heavy atom. The number of nitrogens with one attached hydrogen (secondary N) is 1. The van der Waals surface area contributed by atoms with Gasteiger partial charge >= 0.3 is 11.9 Å². The second-order valence-electron chi connectivity index (χ2n) is 6.68. The van der Waals surface area contributed by atoms with Crippen LogP contribution in [0.25, 0.3) is 11.1 Å². The number of para-hydroxylation sites is 1. The highest BCUT2D eigenvalue weighted by atomic mass is 16.5. The predicted molar refractivity (Wildman–Crippen MR) is 116 cm³/mol. The summed E-state index contributed by atoms with van der Waals surface area (Å²) in [5, 5.41) is 0.